The predicted octanol–water partition coefficient (Wildman–Crippen LogP) is 2.80. The molecule has 1 aromatic carbocycles. The van der Waals surface area contributed by atoms with Crippen molar-refractivity contribution in [2.45, 2.75) is 20.3 Å². The molecular weight excluding hydrogens is 256 g/mol. The predicted molar refractivity (Wildman–Crippen MR) is 75.2 cm³/mol. The van der Waals surface area contributed by atoms with Crippen molar-refractivity contribution in [2.75, 3.05) is 13.7 Å². The molecule has 0 fully saturated rings. The topological polar surface area (TPSA) is 53.4 Å². The average molecular weight is 274 g/mol. The van der Waals surface area contributed by atoms with E-state index in [0.717, 1.165) is 29.0 Å². The van der Waals surface area contributed by atoms with Crippen LogP contribution in [0.5, 0.6) is 5.75 Å². The van der Waals surface area contributed by atoms with Crippen LogP contribution in [0.15, 0.2) is 30.5 Å². The summed E-state index contributed by atoms with van der Waals surface area (Å²) >= 11 is 0. The van der Waals surface area contributed by atoms with Crippen molar-refractivity contribution in [1.29, 1.82) is 0 Å². The Morgan fingerprint density at radius 2 is 2.00 bits per heavy atom. The molecule has 0 amide bonds. The fraction of sp³-hybridized carbons (Fsp3) is 0.333. The second kappa shape index (κ2) is 6.23. The number of methoxy groups -OCH3 is 1. The van der Waals surface area contributed by atoms with E-state index in [0.29, 0.717) is 6.61 Å². The smallest absolute Gasteiger partial charge is 0.434 e. The van der Waals surface area contributed by atoms with Gasteiger partial charge in [-0.2, -0.15) is 9.78 Å². The number of rotatable bonds is 4. The van der Waals surface area contributed by atoms with E-state index in [-0.39, 0.29) is 0 Å². The van der Waals surface area contributed by atoms with Gasteiger partial charge in [0.25, 0.3) is 0 Å². The monoisotopic (exact) mass is 274 g/mol. The molecular formula is C15H18N2O3. The van der Waals surface area contributed by atoms with Gasteiger partial charge in [0.05, 0.1) is 25.6 Å². The van der Waals surface area contributed by atoms with E-state index in [2.05, 4.69) is 5.10 Å². The van der Waals surface area contributed by atoms with Crippen LogP contribution in [0.2, 0.25) is 0 Å². The van der Waals surface area contributed by atoms with E-state index < -0.39 is 6.09 Å². The lowest BCUT2D eigenvalue weighted by atomic mass is 10.1. The first-order chi connectivity index (χ1) is 9.65. The molecule has 0 N–H and O–H groups in total. The Labute approximate surface area is 118 Å². The minimum absolute atomic E-state index is 0.339. The number of hydrogen-bond acceptors (Lipinski definition) is 4. The van der Waals surface area contributed by atoms with Gasteiger partial charge in [0.2, 0.25) is 0 Å². The van der Waals surface area contributed by atoms with Gasteiger partial charge < -0.3 is 9.47 Å². The van der Waals surface area contributed by atoms with Gasteiger partial charge in [-0.1, -0.05) is 12.1 Å². The number of benzene rings is 1. The number of carbonyl (C=O) groups excluding carboxylic acids is 1. The highest BCUT2D eigenvalue weighted by Gasteiger charge is 2.13. The first kappa shape index (κ1) is 14.1. The highest BCUT2D eigenvalue weighted by molar-refractivity contribution is 5.70. The summed E-state index contributed by atoms with van der Waals surface area (Å²) in [5.74, 6) is 0.827. The fourth-order valence-corrected chi connectivity index (χ4v) is 1.95. The van der Waals surface area contributed by atoms with Crippen molar-refractivity contribution in [3.63, 3.8) is 0 Å². The first-order valence-corrected chi connectivity index (χ1v) is 6.49. The third kappa shape index (κ3) is 2.99. The minimum Gasteiger partial charge on any atom is -0.497 e. The maximum atomic E-state index is 11.7. The van der Waals surface area contributed by atoms with E-state index >= 15 is 0 Å². The van der Waals surface area contributed by atoms with Crippen molar-refractivity contribution >= 4 is 6.09 Å². The summed E-state index contributed by atoms with van der Waals surface area (Å²) in [4.78, 5) is 11.7. The Bertz CT molecular complexity index is 588. The molecule has 0 saturated heterocycles. The number of ether oxygens (including phenoxy) is 2. The molecule has 0 atom stereocenters. The van der Waals surface area contributed by atoms with Gasteiger partial charge in [0.15, 0.2) is 0 Å². The largest absolute Gasteiger partial charge is 0.497 e. The summed E-state index contributed by atoms with van der Waals surface area (Å²) in [5, 5.41) is 4.08. The lowest BCUT2D eigenvalue weighted by Gasteiger charge is -2.05. The van der Waals surface area contributed by atoms with Crippen LogP contribution in [0.4, 0.5) is 4.79 Å². The van der Waals surface area contributed by atoms with Gasteiger partial charge in [0.1, 0.15) is 5.75 Å². The summed E-state index contributed by atoms with van der Waals surface area (Å²) in [6.45, 7) is 3.98. The van der Waals surface area contributed by atoms with Gasteiger partial charge in [0, 0.05) is 6.42 Å². The molecule has 5 heteroatoms. The average Bonchev–Trinajstić information content (AvgIpc) is 2.81. The lowest BCUT2D eigenvalue weighted by Crippen LogP contribution is -2.16. The van der Waals surface area contributed by atoms with Gasteiger partial charge in [-0.05, 0) is 37.1 Å². The Morgan fingerprint density at radius 1 is 1.30 bits per heavy atom. The standard InChI is InChI=1S/C15H18N2O3/c1-4-20-15(18)17-11(2)13(10-16-17)9-12-5-7-14(19-3)8-6-12/h5-8,10H,4,9H2,1-3H3. The molecule has 106 valence electrons. The number of aromatic nitrogens is 2. The highest BCUT2D eigenvalue weighted by Crippen LogP contribution is 2.17. The molecule has 0 aliphatic heterocycles. The van der Waals surface area contributed by atoms with E-state index in [9.17, 15) is 4.79 Å². The fourth-order valence-electron chi connectivity index (χ4n) is 1.95. The summed E-state index contributed by atoms with van der Waals surface area (Å²) in [6.07, 6.45) is 1.98. The molecule has 0 radical (unpaired) electrons. The Hall–Kier alpha value is -2.30. The molecule has 0 spiro atoms. The van der Waals surface area contributed by atoms with Gasteiger partial charge in [-0.15, -0.1) is 0 Å². The van der Waals surface area contributed by atoms with Crippen LogP contribution in [0.25, 0.3) is 0 Å². The van der Waals surface area contributed by atoms with Crippen LogP contribution in [-0.2, 0) is 11.2 Å². The quantitative estimate of drug-likeness (QED) is 0.860. The number of hydrogen-bond donors (Lipinski definition) is 0. The van der Waals surface area contributed by atoms with Crippen molar-refractivity contribution < 1.29 is 14.3 Å². The molecule has 2 rings (SSSR count). The normalized spacial score (nSPS) is 10.3. The molecule has 1 aromatic heterocycles. The lowest BCUT2D eigenvalue weighted by molar-refractivity contribution is 0.150. The minimum atomic E-state index is -0.439. The van der Waals surface area contributed by atoms with Crippen molar-refractivity contribution in [1.82, 2.24) is 9.78 Å². The second-order valence-electron chi connectivity index (χ2n) is 4.39. The van der Waals surface area contributed by atoms with E-state index in [1.54, 1.807) is 20.2 Å². The van der Waals surface area contributed by atoms with E-state index in [4.69, 9.17) is 9.47 Å². The summed E-state index contributed by atoms with van der Waals surface area (Å²) in [6, 6.07) is 7.83. The van der Waals surface area contributed by atoms with Crippen molar-refractivity contribution in [2.24, 2.45) is 0 Å². The summed E-state index contributed by atoms with van der Waals surface area (Å²) in [5.41, 5.74) is 2.94. The van der Waals surface area contributed by atoms with E-state index in [1.807, 2.05) is 31.2 Å². The van der Waals surface area contributed by atoms with Crippen LogP contribution in [0, 0.1) is 6.92 Å². The molecule has 0 bridgehead atoms. The van der Waals surface area contributed by atoms with Crippen LogP contribution < -0.4 is 4.74 Å². The zero-order valence-electron chi connectivity index (χ0n) is 11.9. The van der Waals surface area contributed by atoms with E-state index in [1.165, 1.54) is 4.68 Å². The van der Waals surface area contributed by atoms with Crippen LogP contribution in [-0.4, -0.2) is 29.6 Å². The van der Waals surface area contributed by atoms with Gasteiger partial charge in [-0.3, -0.25) is 0 Å². The number of carbonyl (C=O) groups is 1. The Kier molecular flexibility index (Phi) is 4.40. The molecule has 5 nitrogen and oxygen atoms in total. The molecule has 0 unspecified atom stereocenters. The van der Waals surface area contributed by atoms with Crippen molar-refractivity contribution in [3.8, 4) is 5.75 Å². The summed E-state index contributed by atoms with van der Waals surface area (Å²) < 4.78 is 11.4. The zero-order valence-corrected chi connectivity index (χ0v) is 11.9. The SMILES string of the molecule is CCOC(=O)n1ncc(Cc2ccc(OC)cc2)c1C. The summed E-state index contributed by atoms with van der Waals surface area (Å²) in [7, 11) is 1.64. The number of nitrogens with zero attached hydrogens (tertiary/aromatic N) is 2. The Balaban J connectivity index is 2.15. The maximum Gasteiger partial charge on any atom is 0.434 e. The molecule has 0 saturated carbocycles. The van der Waals surface area contributed by atoms with Crippen LogP contribution in [0.1, 0.15) is 23.7 Å². The third-order valence-corrected chi connectivity index (χ3v) is 3.11. The van der Waals surface area contributed by atoms with Gasteiger partial charge in [-0.25, -0.2) is 4.79 Å². The maximum absolute atomic E-state index is 11.7. The van der Waals surface area contributed by atoms with Crippen molar-refractivity contribution in [3.05, 3.63) is 47.3 Å². The Morgan fingerprint density at radius 3 is 2.60 bits per heavy atom. The molecule has 1 heterocycles. The molecule has 0 aliphatic rings. The van der Waals surface area contributed by atoms with Gasteiger partial charge >= 0.3 is 6.09 Å². The highest BCUT2D eigenvalue weighted by atomic mass is 16.5. The van der Waals surface area contributed by atoms with Crippen LogP contribution in [0.3, 0.4) is 0 Å². The molecule has 0 aliphatic carbocycles. The molecule has 20 heavy (non-hydrogen) atoms. The van der Waals surface area contributed by atoms with Crippen LogP contribution >= 0.6 is 0 Å². The first-order valence-electron chi connectivity index (χ1n) is 6.49. The zero-order chi connectivity index (χ0) is 14.5. The second-order valence-corrected chi connectivity index (χ2v) is 4.39. The third-order valence-electron chi connectivity index (χ3n) is 3.11. The molecule has 2 aromatic rings.